The van der Waals surface area contributed by atoms with Crippen LogP contribution in [0.5, 0.6) is 0 Å². The van der Waals surface area contributed by atoms with E-state index in [1.807, 2.05) is 19.1 Å². The number of benzene rings is 1. The zero-order chi connectivity index (χ0) is 11.8. The number of fused-ring (bicyclic) bond motifs is 3. The van der Waals surface area contributed by atoms with Crippen LogP contribution in [-0.2, 0) is 16.1 Å². The summed E-state index contributed by atoms with van der Waals surface area (Å²) in [5, 5.41) is 1.21. The van der Waals surface area contributed by atoms with Crippen molar-refractivity contribution < 1.29 is 9.53 Å². The van der Waals surface area contributed by atoms with Crippen molar-refractivity contribution in [3.8, 4) is 0 Å². The number of hydrogen-bond donors (Lipinski definition) is 0. The Morgan fingerprint density at radius 2 is 2.29 bits per heavy atom. The number of aromatic nitrogens is 1. The first-order valence-electron chi connectivity index (χ1n) is 6.06. The molecule has 0 aliphatic carbocycles. The number of carbonyl (C=O) groups is 1. The van der Waals surface area contributed by atoms with Crippen LogP contribution in [-0.4, -0.2) is 17.1 Å². The van der Waals surface area contributed by atoms with Crippen LogP contribution >= 0.6 is 0 Å². The summed E-state index contributed by atoms with van der Waals surface area (Å²) in [5.74, 6) is -0.170. The number of ether oxygens (including phenoxy) is 1. The monoisotopic (exact) mass is 229 g/mol. The summed E-state index contributed by atoms with van der Waals surface area (Å²) in [4.78, 5) is 11.8. The zero-order valence-electron chi connectivity index (χ0n) is 9.85. The van der Waals surface area contributed by atoms with Crippen molar-refractivity contribution in [1.29, 1.82) is 0 Å². The third kappa shape index (κ3) is 1.54. The maximum absolute atomic E-state index is 11.8. The van der Waals surface area contributed by atoms with Crippen molar-refractivity contribution in [2.45, 2.75) is 25.8 Å². The fourth-order valence-electron chi connectivity index (χ4n) is 2.66. The van der Waals surface area contributed by atoms with E-state index in [0.29, 0.717) is 6.61 Å². The van der Waals surface area contributed by atoms with Crippen LogP contribution in [0.15, 0.2) is 30.3 Å². The number of nitrogens with zero attached hydrogens (tertiary/aromatic N) is 1. The molecule has 0 fully saturated rings. The van der Waals surface area contributed by atoms with Crippen molar-refractivity contribution >= 4 is 16.9 Å². The molecule has 0 amide bonds. The maximum atomic E-state index is 11.8. The Bertz CT molecular complexity index is 571. The first-order valence-corrected chi connectivity index (χ1v) is 6.06. The van der Waals surface area contributed by atoms with E-state index in [4.69, 9.17) is 4.74 Å². The fourth-order valence-corrected chi connectivity index (χ4v) is 2.66. The molecule has 0 spiro atoms. The number of aryl methyl sites for hydroxylation is 1. The summed E-state index contributed by atoms with van der Waals surface area (Å²) in [6, 6.07) is 10.4. The van der Waals surface area contributed by atoms with Crippen LogP contribution in [0.4, 0.5) is 0 Å². The van der Waals surface area contributed by atoms with Gasteiger partial charge in [0, 0.05) is 17.8 Å². The number of para-hydroxylation sites is 1. The first kappa shape index (κ1) is 10.4. The molecule has 3 heteroatoms. The highest BCUT2D eigenvalue weighted by atomic mass is 16.5. The molecule has 1 aromatic heterocycles. The molecule has 2 aromatic rings. The smallest absolute Gasteiger partial charge is 0.315 e. The molecule has 0 saturated heterocycles. The van der Waals surface area contributed by atoms with Gasteiger partial charge in [-0.05, 0) is 30.9 Å². The molecule has 88 valence electrons. The van der Waals surface area contributed by atoms with Gasteiger partial charge in [0.1, 0.15) is 0 Å². The Hall–Kier alpha value is -1.77. The maximum Gasteiger partial charge on any atom is 0.315 e. The van der Waals surface area contributed by atoms with Crippen LogP contribution in [0, 0.1) is 0 Å². The molecule has 1 unspecified atom stereocenters. The van der Waals surface area contributed by atoms with Gasteiger partial charge >= 0.3 is 5.97 Å². The van der Waals surface area contributed by atoms with Crippen molar-refractivity contribution in [2.24, 2.45) is 0 Å². The second-order valence-corrected chi connectivity index (χ2v) is 4.37. The molecule has 0 radical (unpaired) electrons. The Kier molecular flexibility index (Phi) is 2.39. The zero-order valence-corrected chi connectivity index (χ0v) is 9.85. The van der Waals surface area contributed by atoms with E-state index >= 15 is 0 Å². The summed E-state index contributed by atoms with van der Waals surface area (Å²) >= 11 is 0. The number of hydrogen-bond acceptors (Lipinski definition) is 2. The Morgan fingerprint density at radius 3 is 3.12 bits per heavy atom. The predicted molar refractivity (Wildman–Crippen MR) is 65.9 cm³/mol. The molecule has 2 heterocycles. The van der Waals surface area contributed by atoms with Gasteiger partial charge in [-0.2, -0.15) is 0 Å². The quantitative estimate of drug-likeness (QED) is 0.741. The van der Waals surface area contributed by atoms with Crippen LogP contribution < -0.4 is 0 Å². The lowest BCUT2D eigenvalue weighted by Crippen LogP contribution is -2.13. The average molecular weight is 229 g/mol. The standard InChI is InChI=1S/C14H15NO2/c1-2-17-14(16)11-7-8-15-12-6-4-3-5-10(12)9-13(11)15/h3-6,9,11H,2,7-8H2,1H3. The largest absolute Gasteiger partial charge is 0.465 e. The SMILES string of the molecule is CCOC(=O)C1CCn2c1cc1ccccc12. The first-order chi connectivity index (χ1) is 8.31. The van der Waals surface area contributed by atoms with E-state index in [2.05, 4.69) is 22.8 Å². The molecule has 3 nitrogen and oxygen atoms in total. The third-order valence-electron chi connectivity index (χ3n) is 3.41. The Labute approximate surface area is 100.0 Å². The van der Waals surface area contributed by atoms with Crippen molar-refractivity contribution in [3.05, 3.63) is 36.0 Å². The molecule has 1 aliphatic rings. The molecular weight excluding hydrogens is 214 g/mol. The lowest BCUT2D eigenvalue weighted by atomic mass is 10.0. The van der Waals surface area contributed by atoms with Gasteiger partial charge in [-0.3, -0.25) is 4.79 Å². The normalized spacial score (nSPS) is 18.3. The fraction of sp³-hybridized carbons (Fsp3) is 0.357. The summed E-state index contributed by atoms with van der Waals surface area (Å²) in [6.07, 6.45) is 0.860. The number of rotatable bonds is 2. The summed E-state index contributed by atoms with van der Waals surface area (Å²) in [7, 11) is 0. The molecule has 1 aromatic carbocycles. The van der Waals surface area contributed by atoms with E-state index in [0.717, 1.165) is 18.7 Å². The molecule has 0 bridgehead atoms. The number of esters is 1. The second-order valence-electron chi connectivity index (χ2n) is 4.37. The van der Waals surface area contributed by atoms with Gasteiger partial charge in [-0.25, -0.2) is 0 Å². The highest BCUT2D eigenvalue weighted by Gasteiger charge is 2.31. The third-order valence-corrected chi connectivity index (χ3v) is 3.41. The topological polar surface area (TPSA) is 31.2 Å². The molecule has 0 saturated carbocycles. The minimum atomic E-state index is -0.0888. The van der Waals surface area contributed by atoms with Gasteiger partial charge in [0.2, 0.25) is 0 Å². The lowest BCUT2D eigenvalue weighted by Gasteiger charge is -2.07. The highest BCUT2D eigenvalue weighted by molar-refractivity contribution is 5.86. The van der Waals surface area contributed by atoms with Gasteiger partial charge in [0.15, 0.2) is 0 Å². The van der Waals surface area contributed by atoms with Crippen molar-refractivity contribution in [3.63, 3.8) is 0 Å². The van der Waals surface area contributed by atoms with Crippen LogP contribution in [0.25, 0.3) is 10.9 Å². The van der Waals surface area contributed by atoms with Crippen molar-refractivity contribution in [1.82, 2.24) is 4.57 Å². The van der Waals surface area contributed by atoms with Crippen LogP contribution in [0.2, 0.25) is 0 Å². The lowest BCUT2D eigenvalue weighted by molar-refractivity contribution is -0.144. The van der Waals surface area contributed by atoms with Gasteiger partial charge in [-0.1, -0.05) is 18.2 Å². The van der Waals surface area contributed by atoms with E-state index < -0.39 is 0 Å². The van der Waals surface area contributed by atoms with Gasteiger partial charge in [-0.15, -0.1) is 0 Å². The predicted octanol–water partition coefficient (Wildman–Crippen LogP) is 2.69. The molecule has 1 atom stereocenters. The van der Waals surface area contributed by atoms with Crippen LogP contribution in [0.1, 0.15) is 25.0 Å². The molecule has 17 heavy (non-hydrogen) atoms. The molecule has 1 aliphatic heterocycles. The van der Waals surface area contributed by atoms with Crippen LogP contribution in [0.3, 0.4) is 0 Å². The van der Waals surface area contributed by atoms with Crippen molar-refractivity contribution in [2.75, 3.05) is 6.61 Å². The molecule has 0 N–H and O–H groups in total. The Morgan fingerprint density at radius 1 is 1.47 bits per heavy atom. The van der Waals surface area contributed by atoms with Gasteiger partial charge in [0.25, 0.3) is 0 Å². The average Bonchev–Trinajstić information content (AvgIpc) is 2.87. The Balaban J connectivity index is 2.05. The van der Waals surface area contributed by atoms with E-state index in [-0.39, 0.29) is 11.9 Å². The second kappa shape index (κ2) is 3.91. The van der Waals surface area contributed by atoms with E-state index in [1.54, 1.807) is 0 Å². The van der Waals surface area contributed by atoms with Gasteiger partial charge < -0.3 is 9.30 Å². The summed E-state index contributed by atoms with van der Waals surface area (Å²) in [5.41, 5.74) is 2.32. The minimum Gasteiger partial charge on any atom is -0.465 e. The number of carbonyl (C=O) groups excluding carboxylic acids is 1. The van der Waals surface area contributed by atoms with E-state index in [1.165, 1.54) is 10.9 Å². The summed E-state index contributed by atoms with van der Waals surface area (Å²) < 4.78 is 7.36. The van der Waals surface area contributed by atoms with E-state index in [9.17, 15) is 4.79 Å². The minimum absolute atomic E-state index is 0.0812. The molecular formula is C14H15NO2. The molecule has 3 rings (SSSR count). The van der Waals surface area contributed by atoms with Gasteiger partial charge in [0.05, 0.1) is 12.5 Å². The summed E-state index contributed by atoms with van der Waals surface area (Å²) in [6.45, 7) is 3.21. The highest BCUT2D eigenvalue weighted by Crippen LogP contribution is 2.34.